The third-order valence-corrected chi connectivity index (χ3v) is 2.99. The normalized spacial score (nSPS) is 10.2. The van der Waals surface area contributed by atoms with Gasteiger partial charge in [0, 0.05) is 6.07 Å². The molecule has 0 radical (unpaired) electrons. The summed E-state index contributed by atoms with van der Waals surface area (Å²) < 4.78 is 10.1. The van der Waals surface area contributed by atoms with Crippen LogP contribution in [-0.4, -0.2) is 24.9 Å². The number of phenolic OH excluding ortho intramolecular Hbond substituents is 1. The molecule has 0 spiro atoms. The van der Waals surface area contributed by atoms with Crippen LogP contribution in [0.2, 0.25) is 0 Å². The number of benzene rings is 1. The van der Waals surface area contributed by atoms with Gasteiger partial charge in [0.2, 0.25) is 0 Å². The minimum absolute atomic E-state index is 0.131. The van der Waals surface area contributed by atoms with Crippen molar-refractivity contribution in [2.75, 3.05) is 7.11 Å². The molecule has 0 amide bonds. The molecule has 0 bridgehead atoms. The maximum Gasteiger partial charge on any atom is 0.337 e. The van der Waals surface area contributed by atoms with E-state index in [-0.39, 0.29) is 22.1 Å². The molecule has 0 aliphatic carbocycles. The molecule has 6 heteroatoms. The zero-order chi connectivity index (χ0) is 15.6. The number of aliphatic imine (C=N–C) groups is 1. The number of carbonyl (C=O) groups is 1. The van der Waals surface area contributed by atoms with E-state index >= 15 is 0 Å². The fourth-order valence-corrected chi connectivity index (χ4v) is 1.95. The monoisotopic (exact) mass is 305 g/mol. The lowest BCUT2D eigenvalue weighted by molar-refractivity contribution is 0.0600. The van der Waals surface area contributed by atoms with Crippen LogP contribution < -0.4 is 0 Å². The molecule has 0 aliphatic rings. The van der Waals surface area contributed by atoms with E-state index in [0.717, 1.165) is 0 Å². The van der Waals surface area contributed by atoms with Gasteiger partial charge in [0.1, 0.15) is 17.2 Å². The molecule has 1 N–H and O–H groups in total. The Morgan fingerprint density at radius 1 is 1.43 bits per heavy atom. The number of furan rings is 1. The van der Waals surface area contributed by atoms with Gasteiger partial charge in [-0.25, -0.2) is 4.79 Å². The fraction of sp³-hybridized carbons (Fsp3) is 0.0667. The number of methoxy groups -OCH3 is 1. The molecular weight excluding hydrogens is 294 g/mol. The van der Waals surface area contributed by atoms with Crippen LogP contribution >= 0.6 is 11.6 Å². The number of phenols is 1. The van der Waals surface area contributed by atoms with E-state index in [2.05, 4.69) is 23.0 Å². The molecule has 1 heterocycles. The lowest BCUT2D eigenvalue weighted by atomic mass is 10.1. The third-order valence-electron chi connectivity index (χ3n) is 2.81. The molecule has 0 unspecified atom stereocenters. The Kier molecular flexibility index (Phi) is 4.14. The van der Waals surface area contributed by atoms with Gasteiger partial charge in [0.25, 0.3) is 0 Å². The van der Waals surface area contributed by atoms with Crippen LogP contribution in [0, 0.1) is 0 Å². The molecule has 108 valence electrons. The first-order valence-electron chi connectivity index (χ1n) is 5.85. The van der Waals surface area contributed by atoms with Crippen LogP contribution in [0.5, 0.6) is 5.75 Å². The Bertz CT molecular complexity index is 733. The van der Waals surface area contributed by atoms with Crippen LogP contribution in [-0.2, 0) is 4.74 Å². The standard InChI is InChI=1S/C15H12ClNO4/c1-8(16)14-11(17-2)7-13(21-14)10-5-4-9(6-12(10)18)15(19)20-3/h4-7,18H,1-2H2,3H3. The smallest absolute Gasteiger partial charge is 0.337 e. The minimum Gasteiger partial charge on any atom is -0.507 e. The molecular formula is C15H12ClNO4. The van der Waals surface area contributed by atoms with E-state index in [0.29, 0.717) is 17.0 Å². The van der Waals surface area contributed by atoms with Crippen molar-refractivity contribution >= 4 is 35.0 Å². The zero-order valence-electron chi connectivity index (χ0n) is 11.2. The highest BCUT2D eigenvalue weighted by Gasteiger charge is 2.17. The Morgan fingerprint density at radius 3 is 2.62 bits per heavy atom. The number of hydrogen-bond acceptors (Lipinski definition) is 5. The Labute approximate surface area is 126 Å². The topological polar surface area (TPSA) is 72.0 Å². The van der Waals surface area contributed by atoms with Crippen LogP contribution in [0.4, 0.5) is 5.69 Å². The van der Waals surface area contributed by atoms with E-state index in [1.54, 1.807) is 6.07 Å². The number of carbonyl (C=O) groups excluding carboxylic acids is 1. The van der Waals surface area contributed by atoms with Gasteiger partial charge >= 0.3 is 5.97 Å². The molecule has 1 aromatic carbocycles. The van der Waals surface area contributed by atoms with Gasteiger partial charge < -0.3 is 14.3 Å². The molecule has 2 rings (SSSR count). The van der Waals surface area contributed by atoms with Gasteiger partial charge in [-0.15, -0.1) is 0 Å². The summed E-state index contributed by atoms with van der Waals surface area (Å²) in [6.45, 7) is 6.99. The summed E-state index contributed by atoms with van der Waals surface area (Å²) in [6, 6.07) is 5.91. The van der Waals surface area contributed by atoms with E-state index in [1.807, 2.05) is 0 Å². The van der Waals surface area contributed by atoms with E-state index in [9.17, 15) is 9.90 Å². The SMILES string of the molecule is C=Nc1cc(-c2ccc(C(=O)OC)cc2O)oc1C(=C)Cl. The lowest BCUT2D eigenvalue weighted by Gasteiger charge is -2.04. The third kappa shape index (κ3) is 2.83. The van der Waals surface area contributed by atoms with Crippen molar-refractivity contribution in [3.63, 3.8) is 0 Å². The Hall–Kier alpha value is -2.53. The van der Waals surface area contributed by atoms with Gasteiger partial charge in [0.15, 0.2) is 5.76 Å². The largest absolute Gasteiger partial charge is 0.507 e. The molecule has 21 heavy (non-hydrogen) atoms. The summed E-state index contributed by atoms with van der Waals surface area (Å²) >= 11 is 5.81. The van der Waals surface area contributed by atoms with Crippen LogP contribution in [0.3, 0.4) is 0 Å². The van der Waals surface area contributed by atoms with Gasteiger partial charge in [-0.05, 0) is 24.9 Å². The first-order chi connectivity index (χ1) is 9.97. The highest BCUT2D eigenvalue weighted by molar-refractivity contribution is 6.48. The zero-order valence-corrected chi connectivity index (χ0v) is 12.0. The van der Waals surface area contributed by atoms with Crippen LogP contribution in [0.25, 0.3) is 16.4 Å². The summed E-state index contributed by atoms with van der Waals surface area (Å²) in [5.74, 6) is -0.0604. The van der Waals surface area contributed by atoms with Crippen LogP contribution in [0.1, 0.15) is 16.1 Å². The maximum atomic E-state index is 11.4. The second kappa shape index (κ2) is 5.85. The first kappa shape index (κ1) is 14.9. The quantitative estimate of drug-likeness (QED) is 0.685. The van der Waals surface area contributed by atoms with Gasteiger partial charge in [0.05, 0.1) is 23.3 Å². The minimum atomic E-state index is -0.542. The number of hydrogen-bond donors (Lipinski definition) is 1. The molecule has 0 saturated heterocycles. The summed E-state index contributed by atoms with van der Waals surface area (Å²) in [7, 11) is 1.26. The highest BCUT2D eigenvalue weighted by Crippen LogP contribution is 2.39. The molecule has 0 atom stereocenters. The van der Waals surface area contributed by atoms with Crippen molar-refractivity contribution in [3.8, 4) is 17.1 Å². The number of aromatic hydroxyl groups is 1. The average molecular weight is 306 g/mol. The van der Waals surface area contributed by atoms with Gasteiger partial charge in [-0.2, -0.15) is 0 Å². The molecule has 0 aliphatic heterocycles. The number of nitrogens with zero attached hydrogens (tertiary/aromatic N) is 1. The van der Waals surface area contributed by atoms with Crippen molar-refractivity contribution < 1.29 is 19.1 Å². The summed E-state index contributed by atoms with van der Waals surface area (Å²) in [5.41, 5.74) is 1.03. The number of rotatable bonds is 4. The van der Waals surface area contributed by atoms with Gasteiger partial charge in [-0.3, -0.25) is 4.99 Å². The molecule has 0 saturated carbocycles. The second-order valence-corrected chi connectivity index (χ2v) is 4.57. The fourth-order valence-electron chi connectivity index (χ4n) is 1.81. The molecule has 2 aromatic rings. The van der Waals surface area contributed by atoms with Crippen molar-refractivity contribution in [3.05, 3.63) is 42.2 Å². The van der Waals surface area contributed by atoms with E-state index in [1.165, 1.54) is 25.3 Å². The van der Waals surface area contributed by atoms with Crippen molar-refractivity contribution in [2.24, 2.45) is 4.99 Å². The molecule has 5 nitrogen and oxygen atoms in total. The highest BCUT2D eigenvalue weighted by atomic mass is 35.5. The Balaban J connectivity index is 2.50. The summed E-state index contributed by atoms with van der Waals surface area (Å²) in [4.78, 5) is 15.2. The molecule has 0 fully saturated rings. The Morgan fingerprint density at radius 2 is 2.14 bits per heavy atom. The van der Waals surface area contributed by atoms with E-state index in [4.69, 9.17) is 16.0 Å². The predicted molar refractivity (Wildman–Crippen MR) is 81.2 cm³/mol. The van der Waals surface area contributed by atoms with Crippen molar-refractivity contribution in [1.29, 1.82) is 0 Å². The second-order valence-electron chi connectivity index (χ2n) is 4.11. The summed E-state index contributed by atoms with van der Waals surface area (Å²) in [6.07, 6.45) is 0. The van der Waals surface area contributed by atoms with Crippen molar-refractivity contribution in [2.45, 2.75) is 0 Å². The number of halogens is 1. The van der Waals surface area contributed by atoms with Crippen LogP contribution in [0.15, 0.2) is 40.3 Å². The first-order valence-corrected chi connectivity index (χ1v) is 6.22. The molecule has 1 aromatic heterocycles. The number of esters is 1. The van der Waals surface area contributed by atoms with E-state index < -0.39 is 5.97 Å². The van der Waals surface area contributed by atoms with Gasteiger partial charge in [-0.1, -0.05) is 18.2 Å². The average Bonchev–Trinajstić information content (AvgIpc) is 2.90. The lowest BCUT2D eigenvalue weighted by Crippen LogP contribution is -2.00. The predicted octanol–water partition coefficient (Wildman–Crippen LogP) is 3.98. The maximum absolute atomic E-state index is 11.4. The number of ether oxygens (including phenoxy) is 1. The van der Waals surface area contributed by atoms with Crippen molar-refractivity contribution in [1.82, 2.24) is 0 Å². The summed E-state index contributed by atoms with van der Waals surface area (Å²) in [5, 5.41) is 10.2.